The van der Waals surface area contributed by atoms with Gasteiger partial charge < -0.3 is 16.4 Å². The lowest BCUT2D eigenvalue weighted by Crippen LogP contribution is -2.40. The van der Waals surface area contributed by atoms with E-state index in [0.717, 1.165) is 10.5 Å². The molecule has 1 aliphatic rings. The van der Waals surface area contributed by atoms with Crippen molar-refractivity contribution in [3.8, 4) is 0 Å². The molecule has 27 heavy (non-hydrogen) atoms. The van der Waals surface area contributed by atoms with Crippen LogP contribution < -0.4 is 16.4 Å². The molecule has 4 amide bonds. The molecule has 2 rings (SSSR count). The first-order valence-corrected chi connectivity index (χ1v) is 9.38. The predicted octanol–water partition coefficient (Wildman–Crippen LogP) is 2.04. The van der Waals surface area contributed by atoms with Crippen LogP contribution in [-0.2, 0) is 9.59 Å². The summed E-state index contributed by atoms with van der Waals surface area (Å²) in [7, 11) is 0. The number of nitrogens with zero attached hydrogens (tertiary/aromatic N) is 1. The number of rotatable bonds is 8. The number of imide groups is 1. The molecule has 0 saturated carbocycles. The van der Waals surface area contributed by atoms with E-state index in [-0.39, 0.29) is 30.8 Å². The minimum Gasteiger partial charge on any atom is -0.354 e. The maximum Gasteiger partial charge on any atom is 0.325 e. The van der Waals surface area contributed by atoms with E-state index in [9.17, 15) is 14.4 Å². The summed E-state index contributed by atoms with van der Waals surface area (Å²) in [6.45, 7) is 8.16. The summed E-state index contributed by atoms with van der Waals surface area (Å²) >= 11 is 0. The lowest BCUT2D eigenvalue weighted by atomic mass is 9.99. The molecule has 1 atom stereocenters. The molecule has 0 spiro atoms. The van der Waals surface area contributed by atoms with Gasteiger partial charge in [0.05, 0.1) is 0 Å². The second-order valence-electron chi connectivity index (χ2n) is 7.85. The summed E-state index contributed by atoms with van der Waals surface area (Å²) in [6, 6.07) is 7.42. The van der Waals surface area contributed by atoms with Gasteiger partial charge in [0.2, 0.25) is 5.91 Å². The Morgan fingerprint density at radius 1 is 1.19 bits per heavy atom. The van der Waals surface area contributed by atoms with Crippen LogP contribution >= 0.6 is 0 Å². The Balaban J connectivity index is 1.73. The van der Waals surface area contributed by atoms with Crippen molar-refractivity contribution in [3.05, 3.63) is 35.4 Å². The summed E-state index contributed by atoms with van der Waals surface area (Å²) in [4.78, 5) is 37.0. The number of carbonyl (C=O) groups excluding carboxylic acids is 3. The Morgan fingerprint density at radius 2 is 1.78 bits per heavy atom. The van der Waals surface area contributed by atoms with Crippen LogP contribution in [0.2, 0.25) is 0 Å². The van der Waals surface area contributed by atoms with Gasteiger partial charge in [-0.25, -0.2) is 4.79 Å². The smallest absolute Gasteiger partial charge is 0.325 e. The monoisotopic (exact) mass is 374 g/mol. The first-order chi connectivity index (χ1) is 12.6. The third kappa shape index (κ3) is 5.29. The summed E-state index contributed by atoms with van der Waals surface area (Å²) < 4.78 is 0. The van der Waals surface area contributed by atoms with Crippen LogP contribution in [0, 0.1) is 0 Å². The number of urea groups is 1. The third-order valence-electron chi connectivity index (χ3n) is 4.78. The Morgan fingerprint density at radius 3 is 2.30 bits per heavy atom. The molecule has 148 valence electrons. The molecule has 0 radical (unpaired) electrons. The van der Waals surface area contributed by atoms with E-state index in [1.54, 1.807) is 13.8 Å². The highest BCUT2D eigenvalue weighted by Gasteiger charge is 2.43. The van der Waals surface area contributed by atoms with Gasteiger partial charge in [-0.05, 0) is 37.3 Å². The predicted molar refractivity (Wildman–Crippen MR) is 104 cm³/mol. The molecule has 1 aromatic carbocycles. The van der Waals surface area contributed by atoms with Crippen LogP contribution in [-0.4, -0.2) is 41.4 Å². The summed E-state index contributed by atoms with van der Waals surface area (Å²) in [5.41, 5.74) is 7.49. The molecule has 1 unspecified atom stereocenters. The van der Waals surface area contributed by atoms with Crippen LogP contribution in [0.3, 0.4) is 0 Å². The number of hydrogen-bond acceptors (Lipinski definition) is 4. The van der Waals surface area contributed by atoms with Crippen molar-refractivity contribution in [1.29, 1.82) is 0 Å². The van der Waals surface area contributed by atoms with Crippen molar-refractivity contribution in [3.63, 3.8) is 0 Å². The van der Waals surface area contributed by atoms with Gasteiger partial charge in [0.1, 0.15) is 5.54 Å². The number of benzene rings is 1. The van der Waals surface area contributed by atoms with Crippen LogP contribution in [0.5, 0.6) is 0 Å². The Labute approximate surface area is 160 Å². The van der Waals surface area contributed by atoms with Gasteiger partial charge in [-0.15, -0.1) is 0 Å². The van der Waals surface area contributed by atoms with Gasteiger partial charge in [-0.1, -0.05) is 38.1 Å². The van der Waals surface area contributed by atoms with Crippen molar-refractivity contribution in [1.82, 2.24) is 15.5 Å². The molecule has 0 bridgehead atoms. The fourth-order valence-corrected chi connectivity index (χ4v) is 2.98. The number of carbonyl (C=O) groups is 3. The van der Waals surface area contributed by atoms with Crippen molar-refractivity contribution < 1.29 is 14.4 Å². The van der Waals surface area contributed by atoms with Crippen molar-refractivity contribution in [2.75, 3.05) is 13.1 Å². The van der Waals surface area contributed by atoms with Crippen molar-refractivity contribution in [2.45, 2.75) is 58.0 Å². The normalized spacial score (nSPS) is 17.2. The SMILES string of the molecule is CC(C)c1ccc(C(N)CNC(=O)CCCN2C(=O)NC(C)(C)C2=O)cc1. The maximum absolute atomic E-state index is 12.1. The molecule has 1 fully saturated rings. The molecule has 0 aliphatic carbocycles. The Hall–Kier alpha value is -2.41. The molecule has 1 saturated heterocycles. The Bertz CT molecular complexity index is 698. The van der Waals surface area contributed by atoms with Crippen LogP contribution in [0.25, 0.3) is 0 Å². The van der Waals surface area contributed by atoms with Crippen LogP contribution in [0.15, 0.2) is 24.3 Å². The quantitative estimate of drug-likeness (QED) is 0.606. The van der Waals surface area contributed by atoms with E-state index in [1.165, 1.54) is 5.56 Å². The molecule has 0 aromatic heterocycles. The number of amides is 4. The largest absolute Gasteiger partial charge is 0.354 e. The van der Waals surface area contributed by atoms with Gasteiger partial charge in [0.15, 0.2) is 0 Å². The standard InChI is InChI=1S/C20H30N4O3/c1-13(2)14-7-9-15(10-8-14)16(21)12-22-17(25)6-5-11-24-18(26)20(3,4)23-19(24)27/h7-10,13,16H,5-6,11-12,21H2,1-4H3,(H,22,25)(H,23,27). The van der Waals surface area contributed by atoms with E-state index < -0.39 is 11.6 Å². The van der Waals surface area contributed by atoms with E-state index in [0.29, 0.717) is 18.9 Å². The van der Waals surface area contributed by atoms with Gasteiger partial charge in [0.25, 0.3) is 5.91 Å². The van der Waals surface area contributed by atoms with Gasteiger partial charge in [0, 0.05) is 25.6 Å². The molecule has 1 aliphatic heterocycles. The second-order valence-corrected chi connectivity index (χ2v) is 7.85. The van der Waals surface area contributed by atoms with Crippen LogP contribution in [0.4, 0.5) is 4.79 Å². The Kier molecular flexibility index (Phi) is 6.59. The first-order valence-electron chi connectivity index (χ1n) is 9.38. The minimum absolute atomic E-state index is 0.143. The zero-order valence-corrected chi connectivity index (χ0v) is 16.5. The van der Waals surface area contributed by atoms with Crippen molar-refractivity contribution in [2.24, 2.45) is 5.73 Å². The molecule has 4 N–H and O–H groups in total. The lowest BCUT2D eigenvalue weighted by Gasteiger charge is -2.16. The number of hydrogen-bond donors (Lipinski definition) is 3. The van der Waals surface area contributed by atoms with Crippen molar-refractivity contribution >= 4 is 17.8 Å². The molecule has 7 heteroatoms. The summed E-state index contributed by atoms with van der Waals surface area (Å²) in [5, 5.41) is 5.43. The third-order valence-corrected chi connectivity index (χ3v) is 4.78. The highest BCUT2D eigenvalue weighted by Crippen LogP contribution is 2.18. The fourth-order valence-electron chi connectivity index (χ4n) is 2.98. The minimum atomic E-state index is -0.878. The number of nitrogens with two attached hydrogens (primary N) is 1. The maximum atomic E-state index is 12.1. The zero-order chi connectivity index (χ0) is 20.2. The fraction of sp³-hybridized carbons (Fsp3) is 0.550. The highest BCUT2D eigenvalue weighted by atomic mass is 16.2. The first kappa shape index (κ1) is 20.9. The summed E-state index contributed by atoms with van der Waals surface area (Å²) in [5.74, 6) is 0.0560. The van der Waals surface area contributed by atoms with E-state index in [2.05, 4.69) is 36.6 Å². The molecule has 7 nitrogen and oxygen atoms in total. The lowest BCUT2D eigenvalue weighted by molar-refractivity contribution is -0.130. The molecule has 1 heterocycles. The zero-order valence-electron chi connectivity index (χ0n) is 16.5. The summed E-state index contributed by atoms with van der Waals surface area (Å²) in [6.07, 6.45) is 0.649. The topological polar surface area (TPSA) is 105 Å². The van der Waals surface area contributed by atoms with Gasteiger partial charge >= 0.3 is 6.03 Å². The van der Waals surface area contributed by atoms with E-state index in [1.807, 2.05) is 12.1 Å². The van der Waals surface area contributed by atoms with Gasteiger partial charge in [-0.3, -0.25) is 14.5 Å². The highest BCUT2D eigenvalue weighted by molar-refractivity contribution is 6.06. The van der Waals surface area contributed by atoms with E-state index in [4.69, 9.17) is 5.73 Å². The molecule has 1 aromatic rings. The molecular weight excluding hydrogens is 344 g/mol. The average Bonchev–Trinajstić information content (AvgIpc) is 2.81. The number of nitrogens with one attached hydrogen (secondary N) is 2. The second kappa shape index (κ2) is 8.52. The van der Waals surface area contributed by atoms with Gasteiger partial charge in [-0.2, -0.15) is 0 Å². The van der Waals surface area contributed by atoms with E-state index >= 15 is 0 Å². The van der Waals surface area contributed by atoms with Crippen LogP contribution in [0.1, 0.15) is 63.6 Å². The average molecular weight is 374 g/mol. The molecular formula is C20H30N4O3.